The number of esters is 1. The van der Waals surface area contributed by atoms with Gasteiger partial charge in [-0.05, 0) is 50.3 Å². The zero-order valence-corrected chi connectivity index (χ0v) is 18.9. The molecule has 6 rings (SSSR count). The number of hydrogen-bond donors (Lipinski definition) is 0. The molecule has 8 heteroatoms. The Labute approximate surface area is 191 Å². The Morgan fingerprint density at radius 3 is 2.70 bits per heavy atom. The maximum Gasteiger partial charge on any atom is 0.337 e. The average Bonchev–Trinajstić information content (AvgIpc) is 3.35. The summed E-state index contributed by atoms with van der Waals surface area (Å²) >= 11 is 0. The van der Waals surface area contributed by atoms with E-state index in [1.807, 2.05) is 13.8 Å². The molecule has 2 saturated carbocycles. The molecule has 1 aromatic rings. The fraction of sp³-hybridized carbons (Fsp3) is 0.560. The zero-order chi connectivity index (χ0) is 23.1. The number of benzene rings is 1. The first-order chi connectivity index (χ1) is 15.8. The van der Waals surface area contributed by atoms with Crippen LogP contribution in [0.5, 0.6) is 0 Å². The maximum absolute atomic E-state index is 13.2. The zero-order valence-electron chi connectivity index (χ0n) is 18.9. The van der Waals surface area contributed by atoms with Crippen molar-refractivity contribution in [3.63, 3.8) is 0 Å². The van der Waals surface area contributed by atoms with E-state index in [0.717, 1.165) is 29.7 Å². The van der Waals surface area contributed by atoms with Gasteiger partial charge in [0.25, 0.3) is 0 Å². The SMILES string of the molecule is C=C(C)[C@H]1C[C@@H]2O[C@@H]3[C@@H](OCc4ccc(C(=O)OC)cc4)C(=O)[C@H]4O[C@H]4[C@]34ON=C(C)[C@@]24C1. The third kappa shape index (κ3) is 2.60. The summed E-state index contributed by atoms with van der Waals surface area (Å²) in [5.41, 5.74) is 2.01. The van der Waals surface area contributed by atoms with Crippen molar-refractivity contribution in [2.75, 3.05) is 7.11 Å². The van der Waals surface area contributed by atoms with Crippen LogP contribution in [-0.4, -0.2) is 60.7 Å². The molecular weight excluding hydrogens is 426 g/mol. The van der Waals surface area contributed by atoms with Crippen LogP contribution >= 0.6 is 0 Å². The van der Waals surface area contributed by atoms with Crippen molar-refractivity contribution in [3.05, 3.63) is 47.5 Å². The largest absolute Gasteiger partial charge is 0.465 e. The van der Waals surface area contributed by atoms with Crippen molar-refractivity contribution < 1.29 is 33.4 Å². The third-order valence-corrected chi connectivity index (χ3v) is 8.28. The minimum Gasteiger partial charge on any atom is -0.465 e. The number of methoxy groups -OCH3 is 1. The molecule has 0 radical (unpaired) electrons. The minimum atomic E-state index is -0.857. The molecule has 0 amide bonds. The van der Waals surface area contributed by atoms with E-state index in [1.54, 1.807) is 24.3 Å². The Hall–Kier alpha value is -2.55. The predicted molar refractivity (Wildman–Crippen MR) is 116 cm³/mol. The van der Waals surface area contributed by atoms with E-state index in [9.17, 15) is 9.59 Å². The van der Waals surface area contributed by atoms with Crippen LogP contribution in [-0.2, 0) is 35.2 Å². The number of epoxide rings is 1. The summed E-state index contributed by atoms with van der Waals surface area (Å²) in [6.07, 6.45) is -0.836. The number of allylic oxidation sites excluding steroid dienone is 1. The molecule has 174 valence electrons. The molecule has 0 unspecified atom stereocenters. The van der Waals surface area contributed by atoms with Crippen LogP contribution in [0.3, 0.4) is 0 Å². The number of Topliss-reactive ketones (excluding diaryl/α,β-unsaturated/α-hetero) is 1. The standard InChI is InChI=1S/C25H27NO7/c1-12(2)16-9-17-24(10-16)13(3)26-33-25(24)21(31-17)19(18(27)20-22(25)32-20)30-11-14-5-7-15(8-6-14)23(28)29-4/h5-8,16-17,19-22H,1,9-11H2,2-4H3/t16-,17-,19-,20+,21+,22+,24-,25+/m0/s1. The lowest BCUT2D eigenvalue weighted by Crippen LogP contribution is -2.65. The normalized spacial score (nSPS) is 41.9. The second-order valence-corrected chi connectivity index (χ2v) is 9.86. The van der Waals surface area contributed by atoms with E-state index < -0.39 is 35.3 Å². The van der Waals surface area contributed by atoms with Gasteiger partial charge in [-0.15, -0.1) is 0 Å². The minimum absolute atomic E-state index is 0.110. The number of hydrogen-bond acceptors (Lipinski definition) is 8. The summed E-state index contributed by atoms with van der Waals surface area (Å²) in [7, 11) is 1.34. The summed E-state index contributed by atoms with van der Waals surface area (Å²) in [5, 5.41) is 4.43. The molecular formula is C25H27NO7. The van der Waals surface area contributed by atoms with Gasteiger partial charge in [0.1, 0.15) is 24.4 Å². The van der Waals surface area contributed by atoms with Crippen molar-refractivity contribution in [2.45, 2.75) is 69.4 Å². The summed E-state index contributed by atoms with van der Waals surface area (Å²) in [4.78, 5) is 31.0. The highest BCUT2D eigenvalue weighted by Gasteiger charge is 2.86. The van der Waals surface area contributed by atoms with Gasteiger partial charge in [0.2, 0.25) is 5.60 Å². The fourth-order valence-corrected chi connectivity index (χ4v) is 6.52. The molecule has 2 aliphatic carbocycles. The van der Waals surface area contributed by atoms with Crippen molar-refractivity contribution in [1.29, 1.82) is 0 Å². The van der Waals surface area contributed by atoms with Gasteiger partial charge in [-0.3, -0.25) is 4.79 Å². The Bertz CT molecular complexity index is 1080. The number of rotatable bonds is 5. The van der Waals surface area contributed by atoms with Crippen LogP contribution in [0.25, 0.3) is 0 Å². The molecule has 5 aliphatic rings. The van der Waals surface area contributed by atoms with Gasteiger partial charge in [0, 0.05) is 0 Å². The molecule has 4 fully saturated rings. The molecule has 3 heterocycles. The van der Waals surface area contributed by atoms with Gasteiger partial charge >= 0.3 is 5.97 Å². The lowest BCUT2D eigenvalue weighted by atomic mass is 9.61. The quantitative estimate of drug-likeness (QED) is 0.384. The van der Waals surface area contributed by atoms with E-state index in [2.05, 4.69) is 11.7 Å². The highest BCUT2D eigenvalue weighted by atomic mass is 16.7. The molecule has 1 aromatic carbocycles. The van der Waals surface area contributed by atoms with Crippen LogP contribution in [0, 0.1) is 11.3 Å². The number of carbonyl (C=O) groups excluding carboxylic acids is 2. The van der Waals surface area contributed by atoms with Gasteiger partial charge in [0.15, 0.2) is 5.78 Å². The van der Waals surface area contributed by atoms with Crippen LogP contribution < -0.4 is 0 Å². The first kappa shape index (κ1) is 21.0. The molecule has 3 aliphatic heterocycles. The number of oxime groups is 1. The van der Waals surface area contributed by atoms with Gasteiger partial charge in [-0.2, -0.15) is 0 Å². The number of nitrogens with zero attached hydrogens (tertiary/aromatic N) is 1. The average molecular weight is 453 g/mol. The van der Waals surface area contributed by atoms with E-state index >= 15 is 0 Å². The van der Waals surface area contributed by atoms with Crippen LogP contribution in [0.4, 0.5) is 0 Å². The Balaban J connectivity index is 1.28. The maximum atomic E-state index is 13.2. The molecule has 8 nitrogen and oxygen atoms in total. The number of ketones is 1. The summed E-state index contributed by atoms with van der Waals surface area (Å²) in [6.45, 7) is 8.40. The van der Waals surface area contributed by atoms with Crippen molar-refractivity contribution in [3.8, 4) is 0 Å². The monoisotopic (exact) mass is 453 g/mol. The van der Waals surface area contributed by atoms with Gasteiger partial charge in [-0.25, -0.2) is 4.79 Å². The molecule has 2 saturated heterocycles. The predicted octanol–water partition coefficient (Wildman–Crippen LogP) is 2.59. The van der Waals surface area contributed by atoms with Crippen LogP contribution in [0.1, 0.15) is 42.6 Å². The molecule has 0 aromatic heterocycles. The van der Waals surface area contributed by atoms with E-state index in [-0.39, 0.29) is 24.6 Å². The van der Waals surface area contributed by atoms with E-state index in [4.69, 9.17) is 23.8 Å². The number of ether oxygens (including phenoxy) is 4. The molecule has 33 heavy (non-hydrogen) atoms. The lowest BCUT2D eigenvalue weighted by molar-refractivity contribution is -0.182. The van der Waals surface area contributed by atoms with Gasteiger partial charge < -0.3 is 23.8 Å². The first-order valence-electron chi connectivity index (χ1n) is 11.4. The summed E-state index contributed by atoms with van der Waals surface area (Å²) < 4.78 is 23.4. The lowest BCUT2D eigenvalue weighted by Gasteiger charge is -2.41. The summed E-state index contributed by atoms with van der Waals surface area (Å²) in [5.74, 6) is -0.203. The molecule has 0 N–H and O–H groups in total. The summed E-state index contributed by atoms with van der Waals surface area (Å²) in [6, 6.07) is 6.92. The molecule has 8 atom stereocenters. The number of carbonyl (C=O) groups is 2. The third-order valence-electron chi connectivity index (χ3n) is 8.28. The number of fused-ring (bicyclic) bond motifs is 1. The highest BCUT2D eigenvalue weighted by Crippen LogP contribution is 2.69. The topological polar surface area (TPSA) is 96.0 Å². The Morgan fingerprint density at radius 2 is 2.00 bits per heavy atom. The van der Waals surface area contributed by atoms with Crippen LogP contribution in [0.2, 0.25) is 0 Å². The van der Waals surface area contributed by atoms with E-state index in [0.29, 0.717) is 11.5 Å². The highest BCUT2D eigenvalue weighted by molar-refractivity contribution is 5.97. The Morgan fingerprint density at radius 1 is 1.24 bits per heavy atom. The van der Waals surface area contributed by atoms with Crippen LogP contribution in [0.15, 0.2) is 41.6 Å². The van der Waals surface area contributed by atoms with Crippen molar-refractivity contribution in [1.82, 2.24) is 0 Å². The second-order valence-electron chi connectivity index (χ2n) is 9.86. The van der Waals surface area contributed by atoms with E-state index in [1.165, 1.54) is 7.11 Å². The Kier molecular flexibility index (Phi) is 4.44. The molecule has 0 bridgehead atoms. The van der Waals surface area contributed by atoms with Gasteiger partial charge in [-0.1, -0.05) is 29.4 Å². The van der Waals surface area contributed by atoms with Crippen molar-refractivity contribution >= 4 is 17.5 Å². The van der Waals surface area contributed by atoms with Crippen molar-refractivity contribution in [2.24, 2.45) is 16.5 Å². The second kappa shape index (κ2) is 6.98. The van der Waals surface area contributed by atoms with Gasteiger partial charge in [0.05, 0.1) is 36.5 Å². The molecule has 2 spiro atoms. The fourth-order valence-electron chi connectivity index (χ4n) is 6.52. The first-order valence-corrected chi connectivity index (χ1v) is 11.4. The smallest absolute Gasteiger partial charge is 0.337 e.